The second-order valence-electron chi connectivity index (χ2n) is 10.0. The predicted octanol–water partition coefficient (Wildman–Crippen LogP) is 4.65. The van der Waals surface area contributed by atoms with E-state index in [2.05, 4.69) is 19.9 Å². The summed E-state index contributed by atoms with van der Waals surface area (Å²) in [6.45, 7) is 6.78. The number of rotatable bonds is 2. The Morgan fingerprint density at radius 3 is 2.64 bits per heavy atom. The smallest absolute Gasteiger partial charge is 0.306 e. The Kier molecular flexibility index (Phi) is 4.10. The maximum Gasteiger partial charge on any atom is 0.306 e. The molecule has 3 saturated carbocycles. The number of allylic oxidation sites excluding steroid dienone is 1. The van der Waals surface area contributed by atoms with E-state index in [4.69, 9.17) is 0 Å². The number of carbonyl (C=O) groups is 1. The first-order valence-electron chi connectivity index (χ1n) is 10.4. The van der Waals surface area contributed by atoms with Crippen LogP contribution >= 0.6 is 0 Å². The van der Waals surface area contributed by atoms with E-state index in [1.807, 2.05) is 6.92 Å². The van der Waals surface area contributed by atoms with Crippen LogP contribution in [-0.2, 0) is 4.79 Å². The minimum Gasteiger partial charge on any atom is -0.481 e. The molecule has 0 spiro atoms. The van der Waals surface area contributed by atoms with Gasteiger partial charge in [-0.25, -0.2) is 0 Å². The molecule has 6 unspecified atom stereocenters. The molecule has 0 aromatic heterocycles. The number of hydrogen-bond donors (Lipinski definition) is 2. The fourth-order valence-corrected chi connectivity index (χ4v) is 7.68. The number of hydrogen-bond acceptors (Lipinski definition) is 2. The van der Waals surface area contributed by atoms with Crippen molar-refractivity contribution >= 4 is 5.97 Å². The number of fused-ring (bicyclic) bond motifs is 5. The van der Waals surface area contributed by atoms with Crippen molar-refractivity contribution in [1.29, 1.82) is 0 Å². The molecule has 2 N–H and O–H groups in total. The fourth-order valence-electron chi connectivity index (χ4n) is 7.68. The molecular formula is C22H34O3. The highest BCUT2D eigenvalue weighted by molar-refractivity contribution is 5.70. The van der Waals surface area contributed by atoms with Crippen LogP contribution in [0.25, 0.3) is 0 Å². The number of aliphatic hydroxyl groups is 1. The summed E-state index contributed by atoms with van der Waals surface area (Å²) < 4.78 is 0. The van der Waals surface area contributed by atoms with Crippen LogP contribution in [0.1, 0.15) is 72.1 Å². The Hall–Kier alpha value is -0.830. The number of aliphatic hydroxyl groups excluding tert-OH is 1. The molecule has 4 aliphatic carbocycles. The standard InChI is InChI=1S/C22H34O3/c1-13(20(24)25)17-6-7-18-16-5-4-14-12-15(23)8-10-21(14,2)19(16)9-11-22(17,18)3/h4,13,15-19,23H,5-12H2,1-3H3,(H,24,25)/t13?,15?,16?,17?,18?,19?,21-,22+/m0/s1. The lowest BCUT2D eigenvalue weighted by Crippen LogP contribution is -2.51. The molecule has 8 atom stereocenters. The van der Waals surface area contributed by atoms with Gasteiger partial charge in [0.2, 0.25) is 0 Å². The van der Waals surface area contributed by atoms with E-state index in [1.54, 1.807) is 0 Å². The largest absolute Gasteiger partial charge is 0.481 e. The third-order valence-electron chi connectivity index (χ3n) is 9.14. The maximum atomic E-state index is 11.6. The Balaban J connectivity index is 1.63. The highest BCUT2D eigenvalue weighted by Gasteiger charge is 2.59. The molecule has 25 heavy (non-hydrogen) atoms. The summed E-state index contributed by atoms with van der Waals surface area (Å²) >= 11 is 0. The minimum absolute atomic E-state index is 0.142. The summed E-state index contributed by atoms with van der Waals surface area (Å²) in [6.07, 6.45) is 11.1. The van der Waals surface area contributed by atoms with Gasteiger partial charge in [0.25, 0.3) is 0 Å². The molecule has 3 heteroatoms. The van der Waals surface area contributed by atoms with Crippen LogP contribution in [0.15, 0.2) is 11.6 Å². The summed E-state index contributed by atoms with van der Waals surface area (Å²) in [6, 6.07) is 0. The van der Waals surface area contributed by atoms with Gasteiger partial charge in [0.15, 0.2) is 0 Å². The third kappa shape index (κ3) is 2.44. The third-order valence-corrected chi connectivity index (χ3v) is 9.14. The van der Waals surface area contributed by atoms with Gasteiger partial charge in [-0.2, -0.15) is 0 Å². The van der Waals surface area contributed by atoms with E-state index >= 15 is 0 Å². The maximum absolute atomic E-state index is 11.6. The average Bonchev–Trinajstić information content (AvgIpc) is 2.92. The van der Waals surface area contributed by atoms with Crippen molar-refractivity contribution in [3.8, 4) is 0 Å². The van der Waals surface area contributed by atoms with E-state index in [-0.39, 0.29) is 22.9 Å². The van der Waals surface area contributed by atoms with Crippen LogP contribution < -0.4 is 0 Å². The van der Waals surface area contributed by atoms with Gasteiger partial charge < -0.3 is 10.2 Å². The van der Waals surface area contributed by atoms with Gasteiger partial charge in [-0.05, 0) is 85.9 Å². The number of carboxylic acids is 1. The molecule has 0 heterocycles. The number of aliphatic carboxylic acids is 1. The zero-order valence-electron chi connectivity index (χ0n) is 16.0. The zero-order chi connectivity index (χ0) is 18.0. The first-order chi connectivity index (χ1) is 11.8. The molecule has 0 aromatic carbocycles. The van der Waals surface area contributed by atoms with Gasteiger partial charge in [-0.15, -0.1) is 0 Å². The molecule has 0 aliphatic heterocycles. The Morgan fingerprint density at radius 2 is 1.92 bits per heavy atom. The summed E-state index contributed by atoms with van der Waals surface area (Å²) in [5, 5.41) is 19.7. The van der Waals surface area contributed by atoms with Gasteiger partial charge >= 0.3 is 5.97 Å². The molecule has 0 saturated heterocycles. The second-order valence-corrected chi connectivity index (χ2v) is 10.0. The molecule has 0 radical (unpaired) electrons. The molecular weight excluding hydrogens is 312 g/mol. The summed E-state index contributed by atoms with van der Waals surface area (Å²) in [5.74, 6) is 1.63. The molecule has 3 fully saturated rings. The van der Waals surface area contributed by atoms with Gasteiger partial charge in [-0.3, -0.25) is 4.79 Å². The molecule has 0 bridgehead atoms. The average molecular weight is 347 g/mol. The van der Waals surface area contributed by atoms with Gasteiger partial charge in [0, 0.05) is 0 Å². The van der Waals surface area contributed by atoms with E-state index in [1.165, 1.54) is 24.8 Å². The van der Waals surface area contributed by atoms with Crippen LogP contribution in [0.5, 0.6) is 0 Å². The van der Waals surface area contributed by atoms with Gasteiger partial charge in [-0.1, -0.05) is 32.4 Å². The number of carboxylic acid groups (broad SMARTS) is 1. The summed E-state index contributed by atoms with van der Waals surface area (Å²) in [7, 11) is 0. The fraction of sp³-hybridized carbons (Fsp3) is 0.864. The van der Waals surface area contributed by atoms with Crippen LogP contribution in [0.3, 0.4) is 0 Å². The van der Waals surface area contributed by atoms with E-state index < -0.39 is 5.97 Å². The van der Waals surface area contributed by atoms with Gasteiger partial charge in [0.05, 0.1) is 12.0 Å². The molecule has 4 rings (SSSR count). The minimum atomic E-state index is -0.618. The lowest BCUT2D eigenvalue weighted by atomic mass is 9.47. The lowest BCUT2D eigenvalue weighted by Gasteiger charge is -2.58. The van der Waals surface area contributed by atoms with Crippen molar-refractivity contribution in [3.05, 3.63) is 11.6 Å². The molecule has 140 valence electrons. The monoisotopic (exact) mass is 346 g/mol. The molecule has 0 amide bonds. The first kappa shape index (κ1) is 17.6. The van der Waals surface area contributed by atoms with Crippen molar-refractivity contribution in [2.45, 2.75) is 78.2 Å². The van der Waals surface area contributed by atoms with Crippen LogP contribution in [0.4, 0.5) is 0 Å². The van der Waals surface area contributed by atoms with E-state index in [0.29, 0.717) is 17.8 Å². The Bertz CT molecular complexity index is 596. The lowest BCUT2D eigenvalue weighted by molar-refractivity contribution is -0.146. The highest BCUT2D eigenvalue weighted by Crippen LogP contribution is 2.67. The van der Waals surface area contributed by atoms with Crippen molar-refractivity contribution in [2.75, 3.05) is 0 Å². The van der Waals surface area contributed by atoms with Crippen LogP contribution in [0, 0.1) is 40.4 Å². The van der Waals surface area contributed by atoms with Crippen molar-refractivity contribution in [3.63, 3.8) is 0 Å². The first-order valence-corrected chi connectivity index (χ1v) is 10.4. The van der Waals surface area contributed by atoms with Crippen molar-refractivity contribution in [1.82, 2.24) is 0 Å². The Labute approximate surface area is 151 Å². The normalized spacial score (nSPS) is 50.2. The predicted molar refractivity (Wildman–Crippen MR) is 98.0 cm³/mol. The second kappa shape index (κ2) is 5.84. The SMILES string of the molecule is CC(C(=O)O)C1CCC2C3CC=C4CC(O)CC[C@]4(C)C3CC[C@]12C. The van der Waals surface area contributed by atoms with E-state index in [9.17, 15) is 15.0 Å². The summed E-state index contributed by atoms with van der Waals surface area (Å²) in [4.78, 5) is 11.6. The topological polar surface area (TPSA) is 57.5 Å². The summed E-state index contributed by atoms with van der Waals surface area (Å²) in [5.41, 5.74) is 2.00. The molecule has 0 aromatic rings. The van der Waals surface area contributed by atoms with E-state index in [0.717, 1.165) is 38.0 Å². The van der Waals surface area contributed by atoms with Crippen molar-refractivity contribution < 1.29 is 15.0 Å². The van der Waals surface area contributed by atoms with Crippen LogP contribution in [-0.4, -0.2) is 22.3 Å². The van der Waals surface area contributed by atoms with Gasteiger partial charge in [0.1, 0.15) is 0 Å². The molecule has 3 nitrogen and oxygen atoms in total. The van der Waals surface area contributed by atoms with Crippen LogP contribution in [0.2, 0.25) is 0 Å². The quantitative estimate of drug-likeness (QED) is 0.716. The Morgan fingerprint density at radius 1 is 1.16 bits per heavy atom. The zero-order valence-corrected chi connectivity index (χ0v) is 16.0. The van der Waals surface area contributed by atoms with Crippen molar-refractivity contribution in [2.24, 2.45) is 40.4 Å². The highest BCUT2D eigenvalue weighted by atomic mass is 16.4. The molecule has 4 aliphatic rings.